The fourth-order valence-electron chi connectivity index (χ4n) is 3.26. The summed E-state index contributed by atoms with van der Waals surface area (Å²) >= 11 is 0. The van der Waals surface area contributed by atoms with Crippen LogP contribution in [0.5, 0.6) is 0 Å². The second-order valence-corrected chi connectivity index (χ2v) is 6.72. The molecule has 2 aromatic rings. The average Bonchev–Trinajstić information content (AvgIpc) is 2.69. The van der Waals surface area contributed by atoms with Crippen molar-refractivity contribution in [2.75, 3.05) is 45.2 Å². The van der Waals surface area contributed by atoms with E-state index in [1.807, 2.05) is 30.3 Å². The number of nitrogens with one attached hydrogen (secondary N) is 1. The minimum Gasteiger partial charge on any atom is -0.378 e. The monoisotopic (exact) mass is 385 g/mol. The number of morpholine rings is 1. The van der Waals surface area contributed by atoms with Crippen molar-refractivity contribution in [3.05, 3.63) is 66.0 Å². The van der Waals surface area contributed by atoms with Crippen LogP contribution in [0.1, 0.15) is 11.6 Å². The third-order valence-electron chi connectivity index (χ3n) is 4.61. The van der Waals surface area contributed by atoms with E-state index in [-0.39, 0.29) is 18.4 Å². The van der Waals surface area contributed by atoms with Gasteiger partial charge in [0.15, 0.2) is 0 Å². The molecule has 2 aromatic carbocycles. The normalized spacial score (nSPS) is 15.3. The van der Waals surface area contributed by atoms with Gasteiger partial charge < -0.3 is 15.0 Å². The third kappa shape index (κ3) is 5.15. The Balaban J connectivity index is 1.73. The fraction of sp³-hybridized carbons (Fsp3) is 0.333. The molecule has 1 atom stereocenters. The molecule has 0 spiro atoms. The van der Waals surface area contributed by atoms with Crippen LogP contribution in [0.2, 0.25) is 0 Å². The smallest absolute Gasteiger partial charge is 0.244 e. The highest BCUT2D eigenvalue weighted by Crippen LogP contribution is 2.23. The van der Waals surface area contributed by atoms with E-state index in [0.717, 1.165) is 5.56 Å². The summed E-state index contributed by atoms with van der Waals surface area (Å²) in [5.74, 6) is -0.796. The maximum absolute atomic E-state index is 13.3. The minimum atomic E-state index is -0.586. The Hall–Kier alpha value is -2.77. The standard InChI is InChI=1S/C21H24FN3O3/c1-24(15-19(26)23-18-9-5-8-17(22)14-18)20(16-6-3-2-4-7-16)21(27)25-10-12-28-13-11-25/h2-9,14,20H,10-13,15H2,1H3,(H,23,26)/t20-/m0/s1. The van der Waals surface area contributed by atoms with Crippen molar-refractivity contribution < 1.29 is 18.7 Å². The first kappa shape index (κ1) is 20.0. The van der Waals surface area contributed by atoms with E-state index in [9.17, 15) is 14.0 Å². The second-order valence-electron chi connectivity index (χ2n) is 6.72. The number of carbonyl (C=O) groups excluding carboxylic acids is 2. The van der Waals surface area contributed by atoms with E-state index in [2.05, 4.69) is 5.32 Å². The van der Waals surface area contributed by atoms with Crippen LogP contribution in [-0.2, 0) is 14.3 Å². The maximum atomic E-state index is 13.3. The van der Waals surface area contributed by atoms with Crippen LogP contribution in [0.3, 0.4) is 0 Å². The second kappa shape index (κ2) is 9.43. The number of hydrogen-bond acceptors (Lipinski definition) is 4. The molecule has 28 heavy (non-hydrogen) atoms. The van der Waals surface area contributed by atoms with Crippen LogP contribution in [-0.4, -0.2) is 61.5 Å². The first-order chi connectivity index (χ1) is 13.5. The summed E-state index contributed by atoms with van der Waals surface area (Å²) in [5, 5.41) is 2.67. The summed E-state index contributed by atoms with van der Waals surface area (Å²) < 4.78 is 18.7. The molecule has 0 saturated carbocycles. The summed E-state index contributed by atoms with van der Waals surface area (Å²) in [6, 6.07) is 14.5. The van der Waals surface area contributed by atoms with Crippen molar-refractivity contribution >= 4 is 17.5 Å². The molecule has 1 aliphatic heterocycles. The van der Waals surface area contributed by atoms with E-state index in [4.69, 9.17) is 4.74 Å². The number of rotatable bonds is 6. The molecule has 1 heterocycles. The molecule has 1 fully saturated rings. The van der Waals surface area contributed by atoms with Gasteiger partial charge in [-0.05, 0) is 30.8 Å². The van der Waals surface area contributed by atoms with E-state index < -0.39 is 11.9 Å². The molecule has 1 N–H and O–H groups in total. The van der Waals surface area contributed by atoms with Gasteiger partial charge in [-0.2, -0.15) is 0 Å². The van der Waals surface area contributed by atoms with Gasteiger partial charge in [0.2, 0.25) is 11.8 Å². The zero-order valence-electron chi connectivity index (χ0n) is 15.8. The van der Waals surface area contributed by atoms with Gasteiger partial charge in [-0.15, -0.1) is 0 Å². The van der Waals surface area contributed by atoms with Crippen molar-refractivity contribution in [1.29, 1.82) is 0 Å². The van der Waals surface area contributed by atoms with Gasteiger partial charge in [-0.3, -0.25) is 14.5 Å². The number of anilines is 1. The molecule has 7 heteroatoms. The van der Waals surface area contributed by atoms with Crippen molar-refractivity contribution in [3.63, 3.8) is 0 Å². The molecular formula is C21H24FN3O3. The first-order valence-corrected chi connectivity index (χ1v) is 9.22. The van der Waals surface area contributed by atoms with Gasteiger partial charge in [0.1, 0.15) is 11.9 Å². The van der Waals surface area contributed by atoms with Gasteiger partial charge in [-0.25, -0.2) is 4.39 Å². The van der Waals surface area contributed by atoms with Crippen LogP contribution in [0.15, 0.2) is 54.6 Å². The number of amides is 2. The highest BCUT2D eigenvalue weighted by atomic mass is 19.1. The predicted octanol–water partition coefficient (Wildman–Crippen LogP) is 2.30. The highest BCUT2D eigenvalue weighted by molar-refractivity contribution is 5.93. The molecule has 0 bridgehead atoms. The third-order valence-corrected chi connectivity index (χ3v) is 4.61. The lowest BCUT2D eigenvalue weighted by Crippen LogP contribution is -2.47. The zero-order chi connectivity index (χ0) is 19.9. The molecule has 0 aromatic heterocycles. The molecule has 1 aliphatic rings. The Morgan fingerprint density at radius 1 is 1.14 bits per heavy atom. The number of halogens is 1. The number of likely N-dealkylation sites (N-methyl/N-ethyl adjacent to an activating group) is 1. The molecule has 1 saturated heterocycles. The highest BCUT2D eigenvalue weighted by Gasteiger charge is 2.31. The molecule has 0 radical (unpaired) electrons. The molecule has 3 rings (SSSR count). The van der Waals surface area contributed by atoms with Crippen LogP contribution >= 0.6 is 0 Å². The van der Waals surface area contributed by atoms with Crippen molar-refractivity contribution in [2.24, 2.45) is 0 Å². The largest absolute Gasteiger partial charge is 0.378 e. The lowest BCUT2D eigenvalue weighted by molar-refractivity contribution is -0.141. The van der Waals surface area contributed by atoms with Crippen LogP contribution in [0, 0.1) is 5.82 Å². The fourth-order valence-corrected chi connectivity index (χ4v) is 3.26. The van der Waals surface area contributed by atoms with Gasteiger partial charge in [0, 0.05) is 18.8 Å². The maximum Gasteiger partial charge on any atom is 0.244 e. The summed E-state index contributed by atoms with van der Waals surface area (Å²) in [4.78, 5) is 29.1. The number of benzene rings is 2. The Labute approximate surface area is 163 Å². The number of carbonyl (C=O) groups is 2. The summed E-state index contributed by atoms with van der Waals surface area (Å²) in [6.07, 6.45) is 0. The van der Waals surface area contributed by atoms with Gasteiger partial charge in [0.25, 0.3) is 0 Å². The predicted molar refractivity (Wildman–Crippen MR) is 104 cm³/mol. The molecule has 0 unspecified atom stereocenters. The Kier molecular flexibility index (Phi) is 6.73. The van der Waals surface area contributed by atoms with E-state index in [0.29, 0.717) is 32.0 Å². The Bertz CT molecular complexity index is 810. The molecule has 2 amide bonds. The molecule has 6 nitrogen and oxygen atoms in total. The lowest BCUT2D eigenvalue weighted by atomic mass is 10.0. The van der Waals surface area contributed by atoms with Crippen molar-refractivity contribution in [3.8, 4) is 0 Å². The summed E-state index contributed by atoms with van der Waals surface area (Å²) in [5.41, 5.74) is 1.20. The molecular weight excluding hydrogens is 361 g/mol. The van der Waals surface area contributed by atoms with Crippen LogP contribution in [0.25, 0.3) is 0 Å². The topological polar surface area (TPSA) is 61.9 Å². The van der Waals surface area contributed by atoms with Crippen LogP contribution < -0.4 is 5.32 Å². The quantitative estimate of drug-likeness (QED) is 0.829. The van der Waals surface area contributed by atoms with Crippen LogP contribution in [0.4, 0.5) is 10.1 Å². The summed E-state index contributed by atoms with van der Waals surface area (Å²) in [6.45, 7) is 2.08. The van der Waals surface area contributed by atoms with Gasteiger partial charge in [0.05, 0.1) is 19.8 Å². The first-order valence-electron chi connectivity index (χ1n) is 9.22. The number of hydrogen-bond donors (Lipinski definition) is 1. The van der Waals surface area contributed by atoms with Crippen molar-refractivity contribution in [2.45, 2.75) is 6.04 Å². The Morgan fingerprint density at radius 2 is 1.86 bits per heavy atom. The van der Waals surface area contributed by atoms with E-state index in [1.165, 1.54) is 18.2 Å². The molecule has 0 aliphatic carbocycles. The molecule has 148 valence electrons. The van der Waals surface area contributed by atoms with Crippen molar-refractivity contribution in [1.82, 2.24) is 9.80 Å². The number of ether oxygens (including phenoxy) is 1. The van der Waals surface area contributed by atoms with E-state index >= 15 is 0 Å². The van der Waals surface area contributed by atoms with E-state index in [1.54, 1.807) is 22.9 Å². The zero-order valence-corrected chi connectivity index (χ0v) is 15.8. The SMILES string of the molecule is CN(CC(=O)Nc1cccc(F)c1)[C@H](C(=O)N1CCOCC1)c1ccccc1. The minimum absolute atomic E-state index is 0.00778. The Morgan fingerprint density at radius 3 is 2.54 bits per heavy atom. The van der Waals surface area contributed by atoms with Gasteiger partial charge in [-0.1, -0.05) is 36.4 Å². The average molecular weight is 385 g/mol. The lowest BCUT2D eigenvalue weighted by Gasteiger charge is -2.34. The van der Waals surface area contributed by atoms with Gasteiger partial charge >= 0.3 is 0 Å². The summed E-state index contributed by atoms with van der Waals surface area (Å²) in [7, 11) is 1.74. The number of nitrogens with zero attached hydrogens (tertiary/aromatic N) is 2.